The first-order valence-corrected chi connectivity index (χ1v) is 6.72. The Morgan fingerprint density at radius 3 is 2.89 bits per heavy atom. The van der Waals surface area contributed by atoms with E-state index in [9.17, 15) is 15.2 Å². The third-order valence-corrected chi connectivity index (χ3v) is 4.05. The molecule has 6 heteroatoms. The Kier molecular flexibility index (Phi) is 4.19. The average Bonchev–Trinajstić information content (AvgIpc) is 2.78. The van der Waals surface area contributed by atoms with E-state index in [-0.39, 0.29) is 24.3 Å². The Morgan fingerprint density at radius 2 is 2.28 bits per heavy atom. The SMILES string of the molecule is O=[N+]([O-])c1ccc(NC2CCCC2CO)c(Br)c1. The van der Waals surface area contributed by atoms with E-state index >= 15 is 0 Å². The van der Waals surface area contributed by atoms with Crippen molar-refractivity contribution in [3.8, 4) is 0 Å². The largest absolute Gasteiger partial charge is 0.396 e. The number of non-ortho nitro benzene ring substituents is 1. The number of hydrogen-bond donors (Lipinski definition) is 2. The molecule has 0 radical (unpaired) electrons. The lowest BCUT2D eigenvalue weighted by atomic mass is 10.0. The Hall–Kier alpha value is -1.14. The molecule has 98 valence electrons. The van der Waals surface area contributed by atoms with Crippen LogP contribution in [0.15, 0.2) is 22.7 Å². The fourth-order valence-electron chi connectivity index (χ4n) is 2.38. The normalized spacial score (nSPS) is 23.0. The highest BCUT2D eigenvalue weighted by Crippen LogP contribution is 2.32. The first kappa shape index (κ1) is 13.3. The smallest absolute Gasteiger partial charge is 0.270 e. The third-order valence-electron chi connectivity index (χ3n) is 3.40. The molecule has 2 atom stereocenters. The number of anilines is 1. The van der Waals surface area contributed by atoms with E-state index < -0.39 is 4.92 Å². The minimum absolute atomic E-state index is 0.0672. The molecule has 0 amide bonds. The molecule has 18 heavy (non-hydrogen) atoms. The van der Waals surface area contributed by atoms with Crippen molar-refractivity contribution in [2.24, 2.45) is 5.92 Å². The summed E-state index contributed by atoms with van der Waals surface area (Å²) >= 11 is 3.34. The van der Waals surface area contributed by atoms with E-state index in [0.717, 1.165) is 24.9 Å². The monoisotopic (exact) mass is 314 g/mol. The molecule has 1 aromatic carbocycles. The Morgan fingerprint density at radius 1 is 1.50 bits per heavy atom. The molecule has 0 saturated heterocycles. The van der Waals surface area contributed by atoms with Gasteiger partial charge < -0.3 is 10.4 Å². The van der Waals surface area contributed by atoms with Gasteiger partial charge in [-0.15, -0.1) is 0 Å². The van der Waals surface area contributed by atoms with Crippen molar-refractivity contribution in [2.75, 3.05) is 11.9 Å². The average molecular weight is 315 g/mol. The lowest BCUT2D eigenvalue weighted by Crippen LogP contribution is -2.26. The minimum atomic E-state index is -0.416. The van der Waals surface area contributed by atoms with Gasteiger partial charge in [0, 0.05) is 40.9 Å². The van der Waals surface area contributed by atoms with Crippen LogP contribution in [0, 0.1) is 16.0 Å². The lowest BCUT2D eigenvalue weighted by molar-refractivity contribution is -0.384. The van der Waals surface area contributed by atoms with E-state index in [1.807, 2.05) is 0 Å². The Bertz CT molecular complexity index is 453. The number of rotatable bonds is 4. The molecular formula is C12H15BrN2O3. The minimum Gasteiger partial charge on any atom is -0.396 e. The van der Waals surface area contributed by atoms with Crippen LogP contribution in [0.1, 0.15) is 19.3 Å². The van der Waals surface area contributed by atoms with E-state index in [4.69, 9.17) is 0 Å². The first-order valence-electron chi connectivity index (χ1n) is 5.93. The summed E-state index contributed by atoms with van der Waals surface area (Å²) in [4.78, 5) is 10.2. The van der Waals surface area contributed by atoms with Crippen molar-refractivity contribution in [3.05, 3.63) is 32.8 Å². The molecule has 1 fully saturated rings. The number of halogens is 1. The van der Waals surface area contributed by atoms with Gasteiger partial charge in [-0.3, -0.25) is 10.1 Å². The van der Waals surface area contributed by atoms with Crippen molar-refractivity contribution in [2.45, 2.75) is 25.3 Å². The summed E-state index contributed by atoms with van der Waals surface area (Å²) in [6.07, 6.45) is 3.15. The molecule has 0 bridgehead atoms. The summed E-state index contributed by atoms with van der Waals surface area (Å²) < 4.78 is 0.681. The first-order chi connectivity index (χ1) is 8.61. The van der Waals surface area contributed by atoms with Gasteiger partial charge in [0.2, 0.25) is 0 Å². The van der Waals surface area contributed by atoms with Gasteiger partial charge in [0.05, 0.1) is 4.92 Å². The number of nitrogens with one attached hydrogen (secondary N) is 1. The summed E-state index contributed by atoms with van der Waals surface area (Å²) in [5.41, 5.74) is 0.906. The van der Waals surface area contributed by atoms with Gasteiger partial charge >= 0.3 is 0 Å². The van der Waals surface area contributed by atoms with Crippen LogP contribution >= 0.6 is 15.9 Å². The second-order valence-electron chi connectivity index (χ2n) is 4.55. The lowest BCUT2D eigenvalue weighted by Gasteiger charge is -2.21. The quantitative estimate of drug-likeness (QED) is 0.662. The molecule has 0 spiro atoms. The molecule has 1 saturated carbocycles. The van der Waals surface area contributed by atoms with Crippen LogP contribution in [0.25, 0.3) is 0 Å². The molecular weight excluding hydrogens is 300 g/mol. The maximum absolute atomic E-state index is 10.6. The van der Waals surface area contributed by atoms with Gasteiger partial charge in [-0.1, -0.05) is 6.42 Å². The maximum atomic E-state index is 10.6. The predicted molar refractivity (Wildman–Crippen MR) is 72.6 cm³/mol. The summed E-state index contributed by atoms with van der Waals surface area (Å²) in [5.74, 6) is 0.270. The molecule has 0 aromatic heterocycles. The highest BCUT2D eigenvalue weighted by molar-refractivity contribution is 9.10. The molecule has 2 N–H and O–H groups in total. The highest BCUT2D eigenvalue weighted by Gasteiger charge is 2.27. The number of nitrogens with zero attached hydrogens (tertiary/aromatic N) is 1. The summed E-state index contributed by atoms with van der Waals surface area (Å²) in [7, 11) is 0. The Balaban J connectivity index is 2.12. The molecule has 1 aromatic rings. The summed E-state index contributed by atoms with van der Waals surface area (Å²) in [5, 5.41) is 23.2. The second kappa shape index (κ2) is 5.67. The van der Waals surface area contributed by atoms with Gasteiger partial charge in [-0.2, -0.15) is 0 Å². The van der Waals surface area contributed by atoms with Crippen molar-refractivity contribution < 1.29 is 10.0 Å². The molecule has 2 unspecified atom stereocenters. The number of nitro groups is 1. The van der Waals surface area contributed by atoms with E-state index in [1.165, 1.54) is 12.1 Å². The number of hydrogen-bond acceptors (Lipinski definition) is 4. The molecule has 0 aliphatic heterocycles. The van der Waals surface area contributed by atoms with Gasteiger partial charge in [0.15, 0.2) is 0 Å². The third kappa shape index (κ3) is 2.81. The summed E-state index contributed by atoms with van der Waals surface area (Å²) in [6, 6.07) is 4.92. The van der Waals surface area contributed by atoms with E-state index in [1.54, 1.807) is 6.07 Å². The molecule has 2 rings (SSSR count). The molecule has 0 heterocycles. The molecule has 1 aliphatic rings. The number of aliphatic hydroxyl groups is 1. The van der Waals surface area contributed by atoms with Crippen molar-refractivity contribution in [1.29, 1.82) is 0 Å². The fourth-order valence-corrected chi connectivity index (χ4v) is 2.86. The Labute approximate surface area is 113 Å². The van der Waals surface area contributed by atoms with Crippen LogP contribution in [0.4, 0.5) is 11.4 Å². The van der Waals surface area contributed by atoms with Gasteiger partial charge in [-0.25, -0.2) is 0 Å². The van der Waals surface area contributed by atoms with Gasteiger partial charge in [0.1, 0.15) is 0 Å². The van der Waals surface area contributed by atoms with E-state index in [0.29, 0.717) is 4.47 Å². The second-order valence-corrected chi connectivity index (χ2v) is 5.40. The molecule has 5 nitrogen and oxygen atoms in total. The topological polar surface area (TPSA) is 75.4 Å². The van der Waals surface area contributed by atoms with Crippen LogP contribution in [0.2, 0.25) is 0 Å². The number of aliphatic hydroxyl groups excluding tert-OH is 1. The van der Waals surface area contributed by atoms with Crippen LogP contribution in [-0.4, -0.2) is 22.7 Å². The zero-order chi connectivity index (χ0) is 13.1. The van der Waals surface area contributed by atoms with Crippen LogP contribution < -0.4 is 5.32 Å². The van der Waals surface area contributed by atoms with Crippen LogP contribution in [0.3, 0.4) is 0 Å². The van der Waals surface area contributed by atoms with Crippen molar-refractivity contribution >= 4 is 27.3 Å². The standard InChI is InChI=1S/C12H15BrN2O3/c13-10-6-9(15(17)18)4-5-12(10)14-11-3-1-2-8(11)7-16/h4-6,8,11,14,16H,1-3,7H2. The van der Waals surface area contributed by atoms with Crippen molar-refractivity contribution in [1.82, 2.24) is 0 Å². The number of nitro benzene ring substituents is 1. The maximum Gasteiger partial charge on any atom is 0.270 e. The zero-order valence-corrected chi connectivity index (χ0v) is 11.4. The van der Waals surface area contributed by atoms with Gasteiger partial charge in [-0.05, 0) is 34.8 Å². The van der Waals surface area contributed by atoms with Crippen LogP contribution in [-0.2, 0) is 0 Å². The summed E-state index contributed by atoms with van der Waals surface area (Å²) in [6.45, 7) is 0.183. The van der Waals surface area contributed by atoms with Crippen LogP contribution in [0.5, 0.6) is 0 Å². The fraction of sp³-hybridized carbons (Fsp3) is 0.500. The zero-order valence-electron chi connectivity index (χ0n) is 9.80. The highest BCUT2D eigenvalue weighted by atomic mass is 79.9. The van der Waals surface area contributed by atoms with Crippen molar-refractivity contribution in [3.63, 3.8) is 0 Å². The number of benzene rings is 1. The molecule has 1 aliphatic carbocycles. The predicted octanol–water partition coefficient (Wildman–Crippen LogP) is 2.93. The van der Waals surface area contributed by atoms with Gasteiger partial charge in [0.25, 0.3) is 5.69 Å². The van der Waals surface area contributed by atoms with E-state index in [2.05, 4.69) is 21.2 Å².